The van der Waals surface area contributed by atoms with Gasteiger partial charge in [-0.1, -0.05) is 11.6 Å². The van der Waals surface area contributed by atoms with E-state index >= 15 is 0 Å². The zero-order chi connectivity index (χ0) is 14.9. The Labute approximate surface area is 119 Å². The van der Waals surface area contributed by atoms with Gasteiger partial charge in [0.2, 0.25) is 0 Å². The Morgan fingerprint density at radius 2 is 2.00 bits per heavy atom. The van der Waals surface area contributed by atoms with Crippen LogP contribution in [0, 0.1) is 0 Å². The predicted molar refractivity (Wildman–Crippen MR) is 71.7 cm³/mol. The Hall–Kier alpha value is -1.69. The molecule has 1 aromatic carbocycles. The van der Waals surface area contributed by atoms with Crippen LogP contribution in [0.2, 0.25) is 5.02 Å². The standard InChI is InChI=1S/C13H13ClF3N3/c1-8(12-5-6-18-20(12)2)19-9-3-4-11(14)10(7-9)13(15,16)17/h3-8,19H,1-2H3. The van der Waals surface area contributed by atoms with Crippen LogP contribution in [0.25, 0.3) is 0 Å². The van der Waals surface area contributed by atoms with E-state index < -0.39 is 11.7 Å². The number of benzene rings is 1. The lowest BCUT2D eigenvalue weighted by molar-refractivity contribution is -0.137. The molecule has 7 heteroatoms. The summed E-state index contributed by atoms with van der Waals surface area (Å²) in [5, 5.41) is 6.72. The molecule has 0 saturated heterocycles. The van der Waals surface area contributed by atoms with Gasteiger partial charge in [0.1, 0.15) is 0 Å². The maximum absolute atomic E-state index is 12.8. The minimum Gasteiger partial charge on any atom is -0.377 e. The second-order valence-electron chi connectivity index (χ2n) is 4.44. The van der Waals surface area contributed by atoms with Crippen LogP contribution in [0.5, 0.6) is 0 Å². The summed E-state index contributed by atoms with van der Waals surface area (Å²) in [5.41, 5.74) is 0.380. The maximum Gasteiger partial charge on any atom is 0.417 e. The summed E-state index contributed by atoms with van der Waals surface area (Å²) in [6, 6.07) is 5.39. The molecule has 1 unspecified atom stereocenters. The third kappa shape index (κ3) is 3.07. The summed E-state index contributed by atoms with van der Waals surface area (Å²) in [4.78, 5) is 0. The molecule has 0 fully saturated rings. The molecule has 1 heterocycles. The van der Waals surface area contributed by atoms with Gasteiger partial charge in [0.05, 0.1) is 22.3 Å². The summed E-state index contributed by atoms with van der Waals surface area (Å²) in [7, 11) is 1.77. The minimum absolute atomic E-state index is 0.176. The molecule has 1 aromatic heterocycles. The number of halogens is 4. The highest BCUT2D eigenvalue weighted by atomic mass is 35.5. The molecule has 0 aliphatic heterocycles. The first-order chi connectivity index (χ1) is 9.29. The van der Waals surface area contributed by atoms with Crippen LogP contribution >= 0.6 is 11.6 Å². The van der Waals surface area contributed by atoms with Crippen molar-refractivity contribution in [2.45, 2.75) is 19.1 Å². The quantitative estimate of drug-likeness (QED) is 0.918. The molecule has 0 saturated carbocycles. The van der Waals surface area contributed by atoms with Crippen molar-refractivity contribution < 1.29 is 13.2 Å². The molecular weight excluding hydrogens is 291 g/mol. The van der Waals surface area contributed by atoms with Gasteiger partial charge >= 0.3 is 6.18 Å². The molecule has 0 spiro atoms. The Bertz CT molecular complexity index is 607. The lowest BCUT2D eigenvalue weighted by Gasteiger charge is -2.17. The number of rotatable bonds is 3. The molecule has 108 valence electrons. The number of hydrogen-bond donors (Lipinski definition) is 1. The van der Waals surface area contributed by atoms with Gasteiger partial charge in [0.15, 0.2) is 0 Å². The second-order valence-corrected chi connectivity index (χ2v) is 4.85. The fourth-order valence-electron chi connectivity index (χ4n) is 1.97. The van der Waals surface area contributed by atoms with E-state index in [1.807, 2.05) is 6.92 Å². The molecule has 0 radical (unpaired) electrons. The Balaban J connectivity index is 2.25. The molecule has 2 rings (SSSR count). The van der Waals surface area contributed by atoms with Crippen molar-refractivity contribution in [3.8, 4) is 0 Å². The third-order valence-corrected chi connectivity index (χ3v) is 3.29. The number of nitrogens with zero attached hydrogens (tertiary/aromatic N) is 2. The van der Waals surface area contributed by atoms with E-state index in [0.29, 0.717) is 5.69 Å². The van der Waals surface area contributed by atoms with E-state index in [1.54, 1.807) is 24.0 Å². The Morgan fingerprint density at radius 1 is 1.30 bits per heavy atom. The van der Waals surface area contributed by atoms with Gasteiger partial charge in [-0.3, -0.25) is 4.68 Å². The average Bonchev–Trinajstić information content (AvgIpc) is 2.76. The fraction of sp³-hybridized carbons (Fsp3) is 0.308. The van der Waals surface area contributed by atoms with Gasteiger partial charge in [-0.2, -0.15) is 18.3 Å². The van der Waals surface area contributed by atoms with Crippen LogP contribution in [-0.4, -0.2) is 9.78 Å². The van der Waals surface area contributed by atoms with Gasteiger partial charge in [-0.25, -0.2) is 0 Å². The number of alkyl halides is 3. The second kappa shape index (κ2) is 5.36. The van der Waals surface area contributed by atoms with Gasteiger partial charge in [-0.05, 0) is 31.2 Å². The van der Waals surface area contributed by atoms with E-state index in [-0.39, 0.29) is 11.1 Å². The van der Waals surface area contributed by atoms with Gasteiger partial charge < -0.3 is 5.32 Å². The molecule has 1 atom stereocenters. The first kappa shape index (κ1) is 14.7. The number of nitrogens with one attached hydrogen (secondary N) is 1. The van der Waals surface area contributed by atoms with Gasteiger partial charge in [-0.15, -0.1) is 0 Å². The largest absolute Gasteiger partial charge is 0.417 e. The predicted octanol–water partition coefficient (Wildman–Crippen LogP) is 4.27. The monoisotopic (exact) mass is 303 g/mol. The maximum atomic E-state index is 12.8. The first-order valence-electron chi connectivity index (χ1n) is 5.90. The van der Waals surface area contributed by atoms with Crippen molar-refractivity contribution >= 4 is 17.3 Å². The van der Waals surface area contributed by atoms with Gasteiger partial charge in [0, 0.05) is 18.9 Å². The van der Waals surface area contributed by atoms with Crippen molar-refractivity contribution in [1.82, 2.24) is 9.78 Å². The van der Waals surface area contributed by atoms with Crippen molar-refractivity contribution in [3.05, 3.63) is 46.7 Å². The molecule has 20 heavy (non-hydrogen) atoms. The van der Waals surface area contributed by atoms with E-state index in [1.165, 1.54) is 12.1 Å². The van der Waals surface area contributed by atoms with Crippen LogP contribution in [0.15, 0.2) is 30.5 Å². The minimum atomic E-state index is -4.47. The van der Waals surface area contributed by atoms with Crippen molar-refractivity contribution in [3.63, 3.8) is 0 Å². The number of aryl methyl sites for hydroxylation is 1. The van der Waals surface area contributed by atoms with Crippen LogP contribution < -0.4 is 5.32 Å². The molecule has 1 N–H and O–H groups in total. The lowest BCUT2D eigenvalue weighted by Crippen LogP contribution is -2.12. The molecular formula is C13H13ClF3N3. The molecule has 0 amide bonds. The summed E-state index contributed by atoms with van der Waals surface area (Å²) >= 11 is 5.58. The Kier molecular flexibility index (Phi) is 3.94. The molecule has 3 nitrogen and oxygen atoms in total. The third-order valence-electron chi connectivity index (χ3n) is 2.96. The number of hydrogen-bond acceptors (Lipinski definition) is 2. The topological polar surface area (TPSA) is 29.9 Å². The van der Waals surface area contributed by atoms with E-state index in [2.05, 4.69) is 10.4 Å². The summed E-state index contributed by atoms with van der Waals surface area (Å²) in [6.45, 7) is 1.85. The van der Waals surface area contributed by atoms with Crippen LogP contribution in [0.3, 0.4) is 0 Å². The smallest absolute Gasteiger partial charge is 0.377 e. The van der Waals surface area contributed by atoms with Crippen LogP contribution in [0.1, 0.15) is 24.2 Å². The van der Waals surface area contributed by atoms with Crippen LogP contribution in [-0.2, 0) is 13.2 Å². The zero-order valence-corrected chi connectivity index (χ0v) is 11.6. The SMILES string of the molecule is CC(Nc1ccc(Cl)c(C(F)(F)F)c1)c1ccnn1C. The van der Waals surface area contributed by atoms with Crippen molar-refractivity contribution in [1.29, 1.82) is 0 Å². The van der Waals surface area contributed by atoms with Crippen molar-refractivity contribution in [2.75, 3.05) is 5.32 Å². The normalized spacial score (nSPS) is 13.3. The van der Waals surface area contributed by atoms with E-state index in [4.69, 9.17) is 11.6 Å². The highest BCUT2D eigenvalue weighted by Gasteiger charge is 2.33. The van der Waals surface area contributed by atoms with Gasteiger partial charge in [0.25, 0.3) is 0 Å². The first-order valence-corrected chi connectivity index (χ1v) is 6.28. The Morgan fingerprint density at radius 3 is 2.55 bits per heavy atom. The van der Waals surface area contributed by atoms with Crippen molar-refractivity contribution in [2.24, 2.45) is 7.05 Å². The van der Waals surface area contributed by atoms with Crippen LogP contribution in [0.4, 0.5) is 18.9 Å². The van der Waals surface area contributed by atoms with E-state index in [9.17, 15) is 13.2 Å². The zero-order valence-electron chi connectivity index (χ0n) is 10.9. The average molecular weight is 304 g/mol. The van der Waals surface area contributed by atoms with E-state index in [0.717, 1.165) is 11.8 Å². The summed E-state index contributed by atoms with van der Waals surface area (Å²) < 4.78 is 40.0. The highest BCUT2D eigenvalue weighted by molar-refractivity contribution is 6.31. The molecule has 0 aliphatic carbocycles. The summed E-state index contributed by atoms with van der Waals surface area (Å²) in [5.74, 6) is 0. The molecule has 2 aromatic rings. The number of aromatic nitrogens is 2. The highest BCUT2D eigenvalue weighted by Crippen LogP contribution is 2.36. The summed E-state index contributed by atoms with van der Waals surface area (Å²) in [6.07, 6.45) is -2.83. The number of anilines is 1. The lowest BCUT2D eigenvalue weighted by atomic mass is 10.1. The molecule has 0 bridgehead atoms. The molecule has 0 aliphatic rings. The fourth-order valence-corrected chi connectivity index (χ4v) is 2.19.